The first-order chi connectivity index (χ1) is 7.70. The van der Waals surface area contributed by atoms with Gasteiger partial charge in [-0.05, 0) is 11.4 Å². The van der Waals surface area contributed by atoms with Gasteiger partial charge in [0, 0.05) is 6.26 Å². The van der Waals surface area contributed by atoms with Crippen molar-refractivity contribution >= 4 is 36.8 Å². The lowest BCUT2D eigenvalue weighted by Gasteiger charge is -2.01. The number of hydrogen-bond acceptors (Lipinski definition) is 6. The van der Waals surface area contributed by atoms with Crippen molar-refractivity contribution in [2.75, 3.05) is 23.5 Å². The molecular formula is C9H12O5S3. The number of sulfone groups is 2. The van der Waals surface area contributed by atoms with Crippen LogP contribution in [0, 0.1) is 0 Å². The number of rotatable bonds is 6. The number of carbonyl (C=O) groups excluding carboxylic acids is 1. The molecule has 0 amide bonds. The van der Waals surface area contributed by atoms with Gasteiger partial charge in [-0.25, -0.2) is 16.8 Å². The lowest BCUT2D eigenvalue weighted by atomic mass is 10.4. The van der Waals surface area contributed by atoms with E-state index in [2.05, 4.69) is 0 Å². The van der Waals surface area contributed by atoms with Crippen molar-refractivity contribution in [3.8, 4) is 0 Å². The SMILES string of the molecule is CS(=O)(=O)CCS(=O)(=O)CC(=O)c1cccs1. The molecule has 0 spiro atoms. The zero-order valence-corrected chi connectivity index (χ0v) is 11.6. The standard InChI is InChI=1S/C9H12O5S3/c1-16(11,12)5-6-17(13,14)7-8(10)9-3-2-4-15-9/h2-4H,5-7H2,1H3. The fraction of sp³-hybridized carbons (Fsp3) is 0.444. The van der Waals surface area contributed by atoms with Crippen molar-refractivity contribution in [1.29, 1.82) is 0 Å². The smallest absolute Gasteiger partial charge is 0.187 e. The Balaban J connectivity index is 2.65. The van der Waals surface area contributed by atoms with Crippen LogP contribution < -0.4 is 0 Å². The van der Waals surface area contributed by atoms with E-state index < -0.39 is 42.7 Å². The Hall–Kier alpha value is -0.730. The zero-order chi connectivity index (χ0) is 13.1. The van der Waals surface area contributed by atoms with Crippen LogP contribution in [0.5, 0.6) is 0 Å². The summed E-state index contributed by atoms with van der Waals surface area (Å²) in [6, 6.07) is 3.19. The lowest BCUT2D eigenvalue weighted by Crippen LogP contribution is -2.23. The molecule has 0 saturated heterocycles. The van der Waals surface area contributed by atoms with Gasteiger partial charge in [0.05, 0.1) is 16.4 Å². The molecule has 8 heteroatoms. The molecular weight excluding hydrogens is 284 g/mol. The predicted molar refractivity (Wildman–Crippen MR) is 67.0 cm³/mol. The second-order valence-electron chi connectivity index (χ2n) is 3.62. The summed E-state index contributed by atoms with van der Waals surface area (Å²) in [6.07, 6.45) is 0.962. The highest BCUT2D eigenvalue weighted by molar-refractivity contribution is 7.95. The first-order valence-corrected chi connectivity index (χ1v) is 9.41. The Bertz CT molecular complexity index is 581. The van der Waals surface area contributed by atoms with Crippen molar-refractivity contribution in [3.05, 3.63) is 22.4 Å². The average Bonchev–Trinajstić information content (AvgIpc) is 2.66. The highest BCUT2D eigenvalue weighted by Gasteiger charge is 2.20. The number of hydrogen-bond donors (Lipinski definition) is 0. The van der Waals surface area contributed by atoms with Crippen LogP contribution in [0.1, 0.15) is 9.67 Å². The predicted octanol–water partition coefficient (Wildman–Crippen LogP) is 0.390. The first-order valence-electron chi connectivity index (χ1n) is 4.64. The summed E-state index contributed by atoms with van der Waals surface area (Å²) in [4.78, 5) is 11.9. The van der Waals surface area contributed by atoms with E-state index in [-0.39, 0.29) is 0 Å². The summed E-state index contributed by atoms with van der Waals surface area (Å²) < 4.78 is 44.7. The minimum atomic E-state index is -3.66. The second kappa shape index (κ2) is 5.28. The molecule has 1 aromatic rings. The maximum absolute atomic E-state index is 11.5. The molecule has 0 unspecified atom stereocenters. The van der Waals surface area contributed by atoms with Crippen molar-refractivity contribution < 1.29 is 21.6 Å². The van der Waals surface area contributed by atoms with E-state index >= 15 is 0 Å². The van der Waals surface area contributed by atoms with E-state index in [1.54, 1.807) is 17.5 Å². The van der Waals surface area contributed by atoms with Gasteiger partial charge in [0.1, 0.15) is 15.6 Å². The molecule has 0 N–H and O–H groups in total. The van der Waals surface area contributed by atoms with E-state index in [1.165, 1.54) is 0 Å². The largest absolute Gasteiger partial charge is 0.292 e. The van der Waals surface area contributed by atoms with Gasteiger partial charge in [0.25, 0.3) is 0 Å². The molecule has 96 valence electrons. The van der Waals surface area contributed by atoms with Gasteiger partial charge in [0.2, 0.25) is 0 Å². The summed E-state index contributed by atoms with van der Waals surface area (Å²) in [5.41, 5.74) is 0. The molecule has 0 aliphatic carbocycles. The molecule has 0 saturated carbocycles. The molecule has 1 aromatic heterocycles. The van der Waals surface area contributed by atoms with E-state index in [4.69, 9.17) is 0 Å². The van der Waals surface area contributed by atoms with Gasteiger partial charge >= 0.3 is 0 Å². The van der Waals surface area contributed by atoms with E-state index in [1.807, 2.05) is 0 Å². The van der Waals surface area contributed by atoms with Gasteiger partial charge in [-0.15, -0.1) is 11.3 Å². The third-order valence-corrected chi connectivity index (χ3v) is 5.56. The minimum absolute atomic E-state index is 0.368. The quantitative estimate of drug-likeness (QED) is 0.709. The highest BCUT2D eigenvalue weighted by atomic mass is 32.2. The molecule has 0 bridgehead atoms. The summed E-state index contributed by atoms with van der Waals surface area (Å²) in [5.74, 6) is -2.09. The molecule has 0 atom stereocenters. The van der Waals surface area contributed by atoms with Crippen LogP contribution in [-0.4, -0.2) is 46.1 Å². The first kappa shape index (κ1) is 14.3. The Morgan fingerprint density at radius 3 is 2.35 bits per heavy atom. The van der Waals surface area contributed by atoms with Crippen molar-refractivity contribution in [3.63, 3.8) is 0 Å². The molecule has 0 fully saturated rings. The number of Topliss-reactive ketones (excluding diaryl/α,β-unsaturated/α-hetero) is 1. The van der Waals surface area contributed by atoms with Crippen LogP contribution in [-0.2, 0) is 19.7 Å². The van der Waals surface area contributed by atoms with Crippen LogP contribution in [0.4, 0.5) is 0 Å². The summed E-state index contributed by atoms with van der Waals surface area (Å²) in [5, 5.41) is 1.68. The van der Waals surface area contributed by atoms with E-state index in [9.17, 15) is 21.6 Å². The molecule has 5 nitrogen and oxygen atoms in total. The van der Waals surface area contributed by atoms with Crippen LogP contribution in [0.2, 0.25) is 0 Å². The Morgan fingerprint density at radius 2 is 1.88 bits per heavy atom. The Labute approximate surface area is 104 Å². The van der Waals surface area contributed by atoms with Gasteiger partial charge in [-0.2, -0.15) is 0 Å². The second-order valence-corrected chi connectivity index (χ2v) is 9.01. The normalized spacial score (nSPS) is 12.5. The van der Waals surface area contributed by atoms with E-state index in [0.717, 1.165) is 17.6 Å². The Morgan fingerprint density at radius 1 is 1.24 bits per heavy atom. The molecule has 0 aliphatic heterocycles. The summed E-state index contributed by atoms with van der Waals surface area (Å²) in [7, 11) is -7.00. The molecule has 1 heterocycles. The van der Waals surface area contributed by atoms with Crippen molar-refractivity contribution in [2.24, 2.45) is 0 Å². The number of ketones is 1. The Kier molecular flexibility index (Phi) is 4.45. The maximum atomic E-state index is 11.5. The average molecular weight is 296 g/mol. The third-order valence-electron chi connectivity index (χ3n) is 1.91. The fourth-order valence-electron chi connectivity index (χ4n) is 1.06. The van der Waals surface area contributed by atoms with Crippen LogP contribution in [0.3, 0.4) is 0 Å². The summed E-state index contributed by atoms with van der Waals surface area (Å²) >= 11 is 1.16. The van der Waals surface area contributed by atoms with Crippen molar-refractivity contribution in [1.82, 2.24) is 0 Å². The number of carbonyl (C=O) groups is 1. The fourth-order valence-corrected chi connectivity index (χ4v) is 4.74. The van der Waals surface area contributed by atoms with Gasteiger partial charge in [-0.3, -0.25) is 4.79 Å². The van der Waals surface area contributed by atoms with Crippen molar-refractivity contribution in [2.45, 2.75) is 0 Å². The zero-order valence-electron chi connectivity index (χ0n) is 9.12. The molecule has 0 aromatic carbocycles. The minimum Gasteiger partial charge on any atom is -0.292 e. The molecule has 17 heavy (non-hydrogen) atoms. The van der Waals surface area contributed by atoms with Gasteiger partial charge in [-0.1, -0.05) is 6.07 Å². The molecule has 1 rings (SSSR count). The molecule has 0 radical (unpaired) electrons. The number of thiophene rings is 1. The topological polar surface area (TPSA) is 85.3 Å². The lowest BCUT2D eigenvalue weighted by molar-refractivity contribution is 0.102. The summed E-state index contributed by atoms with van der Waals surface area (Å²) in [6.45, 7) is 0. The van der Waals surface area contributed by atoms with Crippen LogP contribution in [0.15, 0.2) is 17.5 Å². The van der Waals surface area contributed by atoms with Gasteiger partial charge < -0.3 is 0 Å². The van der Waals surface area contributed by atoms with E-state index in [0.29, 0.717) is 4.88 Å². The highest BCUT2D eigenvalue weighted by Crippen LogP contribution is 2.10. The maximum Gasteiger partial charge on any atom is 0.187 e. The van der Waals surface area contributed by atoms with Crippen LogP contribution in [0.25, 0.3) is 0 Å². The van der Waals surface area contributed by atoms with Gasteiger partial charge in [0.15, 0.2) is 15.6 Å². The monoisotopic (exact) mass is 296 g/mol. The van der Waals surface area contributed by atoms with Crippen LogP contribution >= 0.6 is 11.3 Å². The third kappa shape index (κ3) is 5.42. The molecule has 0 aliphatic rings.